The van der Waals surface area contributed by atoms with Crippen LogP contribution >= 0.6 is 0 Å². The summed E-state index contributed by atoms with van der Waals surface area (Å²) in [6, 6.07) is 6.44. The summed E-state index contributed by atoms with van der Waals surface area (Å²) < 4.78 is 12.6. The molecule has 1 rings (SSSR count). The number of nitrogens with two attached hydrogens (primary N) is 1. The predicted molar refractivity (Wildman–Crippen MR) is 59.0 cm³/mol. The lowest BCUT2D eigenvalue weighted by Gasteiger charge is -2.25. The molecule has 0 radical (unpaired) electrons. The van der Waals surface area contributed by atoms with Crippen molar-refractivity contribution >= 4 is 0 Å². The van der Waals surface area contributed by atoms with Crippen molar-refractivity contribution in [1.82, 2.24) is 0 Å². The first-order valence-corrected chi connectivity index (χ1v) is 5.15. The van der Waals surface area contributed by atoms with Gasteiger partial charge in [-0.05, 0) is 37.1 Å². The van der Waals surface area contributed by atoms with E-state index in [1.165, 1.54) is 12.1 Å². The lowest BCUT2D eigenvalue weighted by Crippen LogP contribution is -2.31. The number of halogens is 1. The lowest BCUT2D eigenvalue weighted by atomic mass is 9.85. The van der Waals surface area contributed by atoms with Gasteiger partial charge in [0.05, 0.1) is 0 Å². The summed E-state index contributed by atoms with van der Waals surface area (Å²) in [5.41, 5.74) is 6.43. The molecule has 15 heavy (non-hydrogen) atoms. The molecule has 84 valence electrons. The van der Waals surface area contributed by atoms with E-state index in [0.29, 0.717) is 6.54 Å². The molecule has 0 amide bonds. The summed E-state index contributed by atoms with van der Waals surface area (Å²) >= 11 is 0. The van der Waals surface area contributed by atoms with Crippen LogP contribution in [0.5, 0.6) is 0 Å². The normalized spacial score (nSPS) is 14.9. The highest BCUT2D eigenvalue weighted by Crippen LogP contribution is 2.21. The summed E-state index contributed by atoms with van der Waals surface area (Å²) in [6.07, 6.45) is 1.63. The Balaban J connectivity index is 2.53. The van der Waals surface area contributed by atoms with E-state index in [9.17, 15) is 4.39 Å². The fourth-order valence-electron chi connectivity index (χ4n) is 1.34. The predicted octanol–water partition coefficient (Wildman–Crippen LogP) is 1.72. The molecule has 1 aromatic rings. The summed E-state index contributed by atoms with van der Waals surface area (Å²) in [7, 11) is 0. The van der Waals surface area contributed by atoms with Gasteiger partial charge in [0.25, 0.3) is 0 Å². The number of hydrogen-bond acceptors (Lipinski definition) is 2. The van der Waals surface area contributed by atoms with Gasteiger partial charge in [-0.2, -0.15) is 0 Å². The van der Waals surface area contributed by atoms with Crippen molar-refractivity contribution in [2.45, 2.75) is 19.8 Å². The monoisotopic (exact) mass is 211 g/mol. The Kier molecular flexibility index (Phi) is 4.24. The molecule has 0 aliphatic rings. The standard InChI is InChI=1S/C12H18FNO/c1-12(8-14,9-15)7-6-10-2-4-11(13)5-3-10/h2-5,15H,6-9,14H2,1H3. The van der Waals surface area contributed by atoms with Crippen LogP contribution in [0.4, 0.5) is 4.39 Å². The van der Waals surface area contributed by atoms with Crippen LogP contribution in [0.15, 0.2) is 24.3 Å². The van der Waals surface area contributed by atoms with Gasteiger partial charge in [-0.3, -0.25) is 0 Å². The molecule has 1 atom stereocenters. The van der Waals surface area contributed by atoms with Crippen molar-refractivity contribution in [3.8, 4) is 0 Å². The summed E-state index contributed by atoms with van der Waals surface area (Å²) in [5, 5.41) is 9.17. The number of aliphatic hydroxyl groups excluding tert-OH is 1. The van der Waals surface area contributed by atoms with Gasteiger partial charge < -0.3 is 10.8 Å². The highest BCUT2D eigenvalue weighted by molar-refractivity contribution is 5.16. The Hall–Kier alpha value is -0.930. The van der Waals surface area contributed by atoms with Crippen LogP contribution in [-0.4, -0.2) is 18.3 Å². The molecule has 0 saturated heterocycles. The van der Waals surface area contributed by atoms with Gasteiger partial charge in [0.1, 0.15) is 5.82 Å². The Morgan fingerprint density at radius 3 is 2.40 bits per heavy atom. The van der Waals surface area contributed by atoms with E-state index in [1.807, 2.05) is 6.92 Å². The molecular formula is C12H18FNO. The first kappa shape index (κ1) is 12.1. The number of benzene rings is 1. The smallest absolute Gasteiger partial charge is 0.123 e. The first-order chi connectivity index (χ1) is 7.09. The minimum absolute atomic E-state index is 0.0880. The molecule has 0 saturated carbocycles. The van der Waals surface area contributed by atoms with E-state index >= 15 is 0 Å². The molecule has 2 nitrogen and oxygen atoms in total. The topological polar surface area (TPSA) is 46.2 Å². The van der Waals surface area contributed by atoms with E-state index in [0.717, 1.165) is 18.4 Å². The van der Waals surface area contributed by atoms with Crippen molar-refractivity contribution in [3.05, 3.63) is 35.6 Å². The van der Waals surface area contributed by atoms with Gasteiger partial charge in [0, 0.05) is 12.0 Å². The third kappa shape index (κ3) is 3.61. The largest absolute Gasteiger partial charge is 0.396 e. The number of rotatable bonds is 5. The fourth-order valence-corrected chi connectivity index (χ4v) is 1.34. The average molecular weight is 211 g/mol. The molecule has 0 aliphatic heterocycles. The minimum Gasteiger partial charge on any atom is -0.396 e. The maximum atomic E-state index is 12.6. The molecule has 0 spiro atoms. The van der Waals surface area contributed by atoms with Crippen LogP contribution in [0.2, 0.25) is 0 Å². The number of aliphatic hydroxyl groups is 1. The Bertz CT molecular complexity index is 293. The minimum atomic E-state index is -0.228. The fraction of sp³-hybridized carbons (Fsp3) is 0.500. The highest BCUT2D eigenvalue weighted by atomic mass is 19.1. The van der Waals surface area contributed by atoms with E-state index in [2.05, 4.69) is 0 Å². The zero-order valence-electron chi connectivity index (χ0n) is 9.04. The Labute approximate surface area is 89.9 Å². The van der Waals surface area contributed by atoms with Crippen molar-refractivity contribution < 1.29 is 9.50 Å². The number of hydrogen-bond donors (Lipinski definition) is 2. The zero-order valence-corrected chi connectivity index (χ0v) is 9.04. The summed E-state index contributed by atoms with van der Waals surface area (Å²) in [4.78, 5) is 0. The van der Waals surface area contributed by atoms with Gasteiger partial charge in [-0.15, -0.1) is 0 Å². The lowest BCUT2D eigenvalue weighted by molar-refractivity contribution is 0.140. The molecule has 3 heteroatoms. The van der Waals surface area contributed by atoms with Crippen molar-refractivity contribution in [3.63, 3.8) is 0 Å². The SMILES string of the molecule is CC(CN)(CO)CCc1ccc(F)cc1. The van der Waals surface area contributed by atoms with Crippen LogP contribution in [0.1, 0.15) is 18.9 Å². The van der Waals surface area contributed by atoms with E-state index in [1.54, 1.807) is 12.1 Å². The maximum Gasteiger partial charge on any atom is 0.123 e. The molecule has 1 unspecified atom stereocenters. The molecule has 3 N–H and O–H groups in total. The molecule has 0 aliphatic carbocycles. The first-order valence-electron chi connectivity index (χ1n) is 5.15. The Morgan fingerprint density at radius 2 is 1.93 bits per heavy atom. The second kappa shape index (κ2) is 5.24. The molecule has 0 aromatic heterocycles. The van der Waals surface area contributed by atoms with Gasteiger partial charge in [0.2, 0.25) is 0 Å². The zero-order chi connectivity index (χ0) is 11.3. The van der Waals surface area contributed by atoms with E-state index in [-0.39, 0.29) is 17.8 Å². The second-order valence-electron chi connectivity index (χ2n) is 4.30. The van der Waals surface area contributed by atoms with Crippen LogP contribution in [0, 0.1) is 11.2 Å². The quantitative estimate of drug-likeness (QED) is 0.779. The average Bonchev–Trinajstić information content (AvgIpc) is 2.28. The Morgan fingerprint density at radius 1 is 1.33 bits per heavy atom. The van der Waals surface area contributed by atoms with Crippen molar-refractivity contribution in [1.29, 1.82) is 0 Å². The molecule has 0 heterocycles. The maximum absolute atomic E-state index is 12.6. The second-order valence-corrected chi connectivity index (χ2v) is 4.30. The van der Waals surface area contributed by atoms with Crippen molar-refractivity contribution in [2.75, 3.05) is 13.2 Å². The molecule has 1 aromatic carbocycles. The highest BCUT2D eigenvalue weighted by Gasteiger charge is 2.20. The third-order valence-electron chi connectivity index (χ3n) is 2.81. The van der Waals surface area contributed by atoms with Crippen LogP contribution in [-0.2, 0) is 6.42 Å². The van der Waals surface area contributed by atoms with Crippen LogP contribution in [0.25, 0.3) is 0 Å². The summed E-state index contributed by atoms with van der Waals surface area (Å²) in [5.74, 6) is -0.220. The number of aryl methyl sites for hydroxylation is 1. The van der Waals surface area contributed by atoms with Gasteiger partial charge >= 0.3 is 0 Å². The van der Waals surface area contributed by atoms with Gasteiger partial charge in [-0.1, -0.05) is 19.1 Å². The van der Waals surface area contributed by atoms with Crippen molar-refractivity contribution in [2.24, 2.45) is 11.1 Å². The van der Waals surface area contributed by atoms with E-state index < -0.39 is 0 Å². The van der Waals surface area contributed by atoms with Gasteiger partial charge in [-0.25, -0.2) is 4.39 Å². The molecular weight excluding hydrogens is 193 g/mol. The van der Waals surface area contributed by atoms with E-state index in [4.69, 9.17) is 10.8 Å². The molecule has 0 bridgehead atoms. The molecule has 0 fully saturated rings. The van der Waals surface area contributed by atoms with Gasteiger partial charge in [0.15, 0.2) is 0 Å². The van der Waals surface area contributed by atoms with Crippen LogP contribution < -0.4 is 5.73 Å². The third-order valence-corrected chi connectivity index (χ3v) is 2.81. The summed E-state index contributed by atoms with van der Waals surface area (Å²) in [6.45, 7) is 2.51. The van der Waals surface area contributed by atoms with Crippen LogP contribution in [0.3, 0.4) is 0 Å².